The molecule has 0 aromatic heterocycles. The summed E-state index contributed by atoms with van der Waals surface area (Å²) in [5.74, 6) is 0. The number of thiol groups is 1. The Bertz CT molecular complexity index is 196. The van der Waals surface area contributed by atoms with Crippen molar-refractivity contribution in [1.29, 1.82) is 0 Å². The van der Waals surface area contributed by atoms with Crippen LogP contribution in [0.25, 0.3) is 0 Å². The standard InChI is InChI=1S/C6H7NO2S/c7-4-5(6(9)10)2-1-3-8/h1-4H,7H2,(H,9,10)/b2-1-,5-4+. The van der Waals surface area contributed by atoms with E-state index in [-0.39, 0.29) is 5.57 Å². The van der Waals surface area contributed by atoms with Crippen molar-refractivity contribution in [3.63, 3.8) is 0 Å². The summed E-state index contributed by atoms with van der Waals surface area (Å²) in [5.41, 5.74) is 5.22. The van der Waals surface area contributed by atoms with Crippen LogP contribution in [0.15, 0.2) is 23.9 Å². The highest BCUT2D eigenvalue weighted by Crippen LogP contribution is 1.98. The van der Waals surface area contributed by atoms with Gasteiger partial charge in [0.25, 0.3) is 0 Å². The number of hydrogen-bond acceptors (Lipinski definition) is 3. The molecule has 0 rings (SSSR count). The predicted octanol–water partition coefficient (Wildman–Crippen LogP) is 0.0405. The molecule has 0 spiro atoms. The van der Waals surface area contributed by atoms with Gasteiger partial charge in [-0.15, -0.1) is 12.6 Å². The minimum atomic E-state index is -0.458. The van der Waals surface area contributed by atoms with E-state index in [2.05, 4.69) is 12.6 Å². The van der Waals surface area contributed by atoms with E-state index >= 15 is 0 Å². The van der Waals surface area contributed by atoms with Gasteiger partial charge in [0.05, 0.1) is 0 Å². The Kier molecular flexibility index (Phi) is 4.32. The molecule has 0 aliphatic rings. The lowest BCUT2D eigenvalue weighted by atomic mass is 10.3. The van der Waals surface area contributed by atoms with Gasteiger partial charge >= 0.3 is 0 Å². The van der Waals surface area contributed by atoms with Gasteiger partial charge in [0.15, 0.2) is 0 Å². The zero-order valence-electron chi connectivity index (χ0n) is 5.15. The van der Waals surface area contributed by atoms with Crippen LogP contribution < -0.4 is 5.73 Å². The third kappa shape index (κ3) is 3.09. The van der Waals surface area contributed by atoms with Crippen LogP contribution in [-0.4, -0.2) is 11.4 Å². The molecule has 10 heavy (non-hydrogen) atoms. The molecule has 0 aliphatic carbocycles. The summed E-state index contributed by atoms with van der Waals surface area (Å²) < 4.78 is 0. The number of nitrogens with two attached hydrogens (primary N) is 1. The Balaban J connectivity index is 4.25. The van der Waals surface area contributed by atoms with E-state index in [0.29, 0.717) is 6.29 Å². The lowest BCUT2D eigenvalue weighted by Gasteiger charge is -1.88. The molecule has 0 bridgehead atoms. The van der Waals surface area contributed by atoms with Crippen LogP contribution in [0.4, 0.5) is 0 Å². The first kappa shape index (κ1) is 8.97. The Labute approximate surface area is 64.0 Å². The summed E-state index contributed by atoms with van der Waals surface area (Å²) in [5, 5.41) is -0.458. The fourth-order valence-electron chi connectivity index (χ4n) is 0.341. The first-order valence-corrected chi connectivity index (χ1v) is 2.94. The summed E-state index contributed by atoms with van der Waals surface area (Å²) in [6.07, 6.45) is 4.12. The van der Waals surface area contributed by atoms with Crippen LogP contribution >= 0.6 is 12.6 Å². The molecule has 0 aliphatic heterocycles. The lowest BCUT2D eigenvalue weighted by molar-refractivity contribution is -0.107. The maximum atomic E-state index is 10.4. The Morgan fingerprint density at radius 2 is 2.10 bits per heavy atom. The van der Waals surface area contributed by atoms with Crippen LogP contribution in [-0.2, 0) is 9.59 Å². The second kappa shape index (κ2) is 4.81. The zero-order chi connectivity index (χ0) is 7.98. The van der Waals surface area contributed by atoms with Gasteiger partial charge in [-0.2, -0.15) is 0 Å². The van der Waals surface area contributed by atoms with Crippen molar-refractivity contribution in [1.82, 2.24) is 0 Å². The zero-order valence-corrected chi connectivity index (χ0v) is 6.04. The normalized spacial score (nSPS) is 11.9. The summed E-state index contributed by atoms with van der Waals surface area (Å²) in [6, 6.07) is 0. The summed E-state index contributed by atoms with van der Waals surface area (Å²) in [7, 11) is 0. The fraction of sp³-hybridized carbons (Fsp3) is 0. The van der Waals surface area contributed by atoms with E-state index in [1.54, 1.807) is 0 Å². The third-order valence-electron chi connectivity index (χ3n) is 0.781. The highest BCUT2D eigenvalue weighted by atomic mass is 32.1. The fourth-order valence-corrected chi connectivity index (χ4v) is 0.490. The quantitative estimate of drug-likeness (QED) is 0.263. The molecule has 0 radical (unpaired) electrons. The minimum Gasteiger partial charge on any atom is -0.404 e. The van der Waals surface area contributed by atoms with Crippen molar-refractivity contribution in [2.45, 2.75) is 0 Å². The van der Waals surface area contributed by atoms with E-state index in [9.17, 15) is 9.59 Å². The molecule has 0 saturated carbocycles. The number of hydrogen-bond donors (Lipinski definition) is 2. The van der Waals surface area contributed by atoms with Gasteiger partial charge < -0.3 is 5.73 Å². The van der Waals surface area contributed by atoms with Crippen LogP contribution in [0.2, 0.25) is 0 Å². The van der Waals surface area contributed by atoms with Gasteiger partial charge in [-0.1, -0.05) is 0 Å². The van der Waals surface area contributed by atoms with E-state index in [4.69, 9.17) is 5.73 Å². The molecule has 0 amide bonds. The molecule has 2 N–H and O–H groups in total. The van der Waals surface area contributed by atoms with Crippen molar-refractivity contribution in [2.75, 3.05) is 0 Å². The Morgan fingerprint density at radius 1 is 1.50 bits per heavy atom. The SMILES string of the molecule is N/C=C(\C=C/C=O)C(=O)S. The molecule has 4 heteroatoms. The smallest absolute Gasteiger partial charge is 0.217 e. The largest absolute Gasteiger partial charge is 0.404 e. The third-order valence-corrected chi connectivity index (χ3v) is 1.04. The predicted molar refractivity (Wildman–Crippen MR) is 41.5 cm³/mol. The van der Waals surface area contributed by atoms with Crippen molar-refractivity contribution >= 4 is 24.0 Å². The highest BCUT2D eigenvalue weighted by Gasteiger charge is 1.96. The van der Waals surface area contributed by atoms with Crippen molar-refractivity contribution in [3.05, 3.63) is 23.9 Å². The average molecular weight is 157 g/mol. The highest BCUT2D eigenvalue weighted by molar-refractivity contribution is 7.97. The molecule has 3 nitrogen and oxygen atoms in total. The molecule has 0 aromatic carbocycles. The summed E-state index contributed by atoms with van der Waals surface area (Å²) >= 11 is 3.49. The average Bonchev–Trinajstić information content (AvgIpc) is 1.89. The van der Waals surface area contributed by atoms with Crippen LogP contribution in [0.3, 0.4) is 0 Å². The molecule has 54 valence electrons. The molecule has 0 fully saturated rings. The monoisotopic (exact) mass is 157 g/mol. The van der Waals surface area contributed by atoms with Gasteiger partial charge in [0.2, 0.25) is 5.12 Å². The van der Waals surface area contributed by atoms with Crippen molar-refractivity contribution in [2.24, 2.45) is 5.73 Å². The van der Waals surface area contributed by atoms with E-state index < -0.39 is 5.12 Å². The maximum absolute atomic E-state index is 10.4. The van der Waals surface area contributed by atoms with E-state index in [1.807, 2.05) is 0 Å². The number of rotatable bonds is 3. The Hall–Kier alpha value is -1.03. The molecule has 0 unspecified atom stereocenters. The minimum absolute atomic E-state index is 0.204. The maximum Gasteiger partial charge on any atom is 0.217 e. The second-order valence-electron chi connectivity index (χ2n) is 1.42. The molecule has 0 saturated heterocycles. The first-order valence-electron chi connectivity index (χ1n) is 2.49. The van der Waals surface area contributed by atoms with Crippen LogP contribution in [0.1, 0.15) is 0 Å². The van der Waals surface area contributed by atoms with Crippen LogP contribution in [0, 0.1) is 0 Å². The van der Waals surface area contributed by atoms with Gasteiger partial charge in [-0.25, -0.2) is 0 Å². The summed E-state index contributed by atoms with van der Waals surface area (Å²) in [4.78, 5) is 20.2. The summed E-state index contributed by atoms with van der Waals surface area (Å²) in [6.45, 7) is 0. The number of aldehydes is 1. The number of carbonyl (C=O) groups is 2. The topological polar surface area (TPSA) is 60.2 Å². The molecular weight excluding hydrogens is 150 g/mol. The molecular formula is C6H7NO2S. The van der Waals surface area contributed by atoms with Gasteiger partial charge in [0, 0.05) is 11.8 Å². The molecule has 0 heterocycles. The number of allylic oxidation sites excluding steroid dienone is 2. The lowest BCUT2D eigenvalue weighted by Crippen LogP contribution is -1.93. The van der Waals surface area contributed by atoms with Gasteiger partial charge in [0.1, 0.15) is 6.29 Å². The van der Waals surface area contributed by atoms with E-state index in [0.717, 1.165) is 6.20 Å². The van der Waals surface area contributed by atoms with Crippen molar-refractivity contribution < 1.29 is 9.59 Å². The first-order chi connectivity index (χ1) is 4.72. The molecule has 0 aromatic rings. The molecule has 0 atom stereocenters. The second-order valence-corrected chi connectivity index (χ2v) is 1.83. The number of carbonyl (C=O) groups excluding carboxylic acids is 2. The Morgan fingerprint density at radius 3 is 2.40 bits per heavy atom. The van der Waals surface area contributed by atoms with Gasteiger partial charge in [-0.05, 0) is 12.2 Å². The van der Waals surface area contributed by atoms with Gasteiger partial charge in [-0.3, -0.25) is 9.59 Å². The van der Waals surface area contributed by atoms with Crippen LogP contribution in [0.5, 0.6) is 0 Å². The van der Waals surface area contributed by atoms with E-state index in [1.165, 1.54) is 12.2 Å². The van der Waals surface area contributed by atoms with Crippen molar-refractivity contribution in [3.8, 4) is 0 Å².